The number of halogens is 2. The fourth-order valence-corrected chi connectivity index (χ4v) is 2.23. The van der Waals surface area contributed by atoms with E-state index in [1.165, 1.54) is 6.07 Å². The maximum atomic E-state index is 13.1. The molecule has 0 radical (unpaired) electrons. The van der Waals surface area contributed by atoms with Crippen molar-refractivity contribution in [3.05, 3.63) is 45.9 Å². The van der Waals surface area contributed by atoms with Crippen LogP contribution in [0.15, 0.2) is 28.9 Å². The highest BCUT2D eigenvalue weighted by molar-refractivity contribution is 9.10. The van der Waals surface area contributed by atoms with E-state index in [0.29, 0.717) is 17.6 Å². The fourth-order valence-electron chi connectivity index (χ4n) is 1.81. The maximum absolute atomic E-state index is 13.1. The van der Waals surface area contributed by atoms with Crippen molar-refractivity contribution < 1.29 is 4.39 Å². The molecule has 102 valence electrons. The highest BCUT2D eigenvalue weighted by atomic mass is 79.9. The second-order valence-corrected chi connectivity index (χ2v) is 5.26. The van der Waals surface area contributed by atoms with Gasteiger partial charge < -0.3 is 5.73 Å². The number of benzene rings is 1. The smallest absolute Gasteiger partial charge is 0.137 e. The predicted octanol–water partition coefficient (Wildman–Crippen LogP) is 2.51. The van der Waals surface area contributed by atoms with Crippen LogP contribution in [0.5, 0.6) is 0 Å². The summed E-state index contributed by atoms with van der Waals surface area (Å²) in [5, 5.41) is 8.18. The molecule has 1 aromatic carbocycles. The van der Waals surface area contributed by atoms with Gasteiger partial charge in [-0.05, 0) is 59.4 Å². The highest BCUT2D eigenvalue weighted by Crippen LogP contribution is 2.17. The maximum Gasteiger partial charge on any atom is 0.137 e. The second kappa shape index (κ2) is 6.77. The normalized spacial score (nSPS) is 10.9. The molecule has 1 heterocycles. The van der Waals surface area contributed by atoms with E-state index in [2.05, 4.69) is 26.2 Å². The minimum absolute atomic E-state index is 0.259. The first-order chi connectivity index (χ1) is 9.19. The van der Waals surface area contributed by atoms with Gasteiger partial charge in [-0.1, -0.05) is 11.3 Å². The minimum Gasteiger partial charge on any atom is -0.330 e. The van der Waals surface area contributed by atoms with Crippen LogP contribution in [0, 0.1) is 5.82 Å². The van der Waals surface area contributed by atoms with Gasteiger partial charge in [-0.25, -0.2) is 9.07 Å². The third-order valence-corrected chi connectivity index (χ3v) is 3.41. The van der Waals surface area contributed by atoms with Gasteiger partial charge in [0.15, 0.2) is 0 Å². The van der Waals surface area contributed by atoms with E-state index in [4.69, 9.17) is 5.73 Å². The molecule has 0 unspecified atom stereocenters. The van der Waals surface area contributed by atoms with Gasteiger partial charge in [0, 0.05) is 6.20 Å². The number of nitrogens with two attached hydrogens (primary N) is 1. The van der Waals surface area contributed by atoms with E-state index in [1.807, 2.05) is 6.20 Å². The molecule has 1 aromatic heterocycles. The first-order valence-corrected chi connectivity index (χ1v) is 7.01. The van der Waals surface area contributed by atoms with Crippen LogP contribution in [-0.2, 0) is 13.0 Å². The molecule has 0 aliphatic rings. The molecule has 0 aliphatic carbocycles. The number of aromatic nitrogens is 3. The Bertz CT molecular complexity index is 541. The molecule has 4 nitrogen and oxygen atoms in total. The lowest BCUT2D eigenvalue weighted by Gasteiger charge is -2.02. The van der Waals surface area contributed by atoms with E-state index in [9.17, 15) is 4.39 Å². The average molecular weight is 327 g/mol. The van der Waals surface area contributed by atoms with Gasteiger partial charge in [0.05, 0.1) is 16.7 Å². The Morgan fingerprint density at radius 3 is 2.89 bits per heavy atom. The molecule has 0 fully saturated rings. The summed E-state index contributed by atoms with van der Waals surface area (Å²) in [6.07, 6.45) is 4.84. The van der Waals surface area contributed by atoms with E-state index >= 15 is 0 Å². The zero-order valence-electron chi connectivity index (χ0n) is 10.5. The van der Waals surface area contributed by atoms with Crippen LogP contribution in [-0.4, -0.2) is 21.5 Å². The standard InChI is InChI=1S/C13H16BrFN4/c14-12-7-10(4-5-13(12)15)8-19-9-11(17-18-19)3-1-2-6-16/h4-5,7,9H,1-3,6,8,16H2. The van der Waals surface area contributed by atoms with Crippen LogP contribution in [0.3, 0.4) is 0 Å². The van der Waals surface area contributed by atoms with E-state index < -0.39 is 0 Å². The van der Waals surface area contributed by atoms with Crippen LogP contribution < -0.4 is 5.73 Å². The van der Waals surface area contributed by atoms with Crippen molar-refractivity contribution in [1.29, 1.82) is 0 Å². The number of unbranched alkanes of at least 4 members (excludes halogenated alkanes) is 1. The first-order valence-electron chi connectivity index (χ1n) is 6.22. The lowest BCUT2D eigenvalue weighted by atomic mass is 10.2. The quantitative estimate of drug-likeness (QED) is 0.830. The minimum atomic E-state index is -0.259. The van der Waals surface area contributed by atoms with Gasteiger partial charge in [-0.15, -0.1) is 5.10 Å². The zero-order valence-corrected chi connectivity index (χ0v) is 12.1. The average Bonchev–Trinajstić information content (AvgIpc) is 2.82. The number of rotatable bonds is 6. The molecule has 2 N–H and O–H groups in total. The van der Waals surface area contributed by atoms with E-state index in [0.717, 1.165) is 30.5 Å². The van der Waals surface area contributed by atoms with Crippen LogP contribution in [0.1, 0.15) is 24.1 Å². The van der Waals surface area contributed by atoms with Gasteiger partial charge in [0.25, 0.3) is 0 Å². The molecule has 0 saturated carbocycles. The van der Waals surface area contributed by atoms with E-state index in [-0.39, 0.29) is 5.82 Å². The molecule has 0 spiro atoms. The molecular weight excluding hydrogens is 311 g/mol. The van der Waals surface area contributed by atoms with Gasteiger partial charge in [-0.3, -0.25) is 0 Å². The Kier molecular flexibility index (Phi) is 5.04. The van der Waals surface area contributed by atoms with Crippen molar-refractivity contribution in [2.75, 3.05) is 6.54 Å². The molecule has 2 aromatic rings. The summed E-state index contributed by atoms with van der Waals surface area (Å²) in [5.74, 6) is -0.259. The lowest BCUT2D eigenvalue weighted by molar-refractivity contribution is 0.615. The summed E-state index contributed by atoms with van der Waals surface area (Å²) in [7, 11) is 0. The first kappa shape index (κ1) is 14.1. The number of hydrogen-bond donors (Lipinski definition) is 1. The zero-order chi connectivity index (χ0) is 13.7. The van der Waals surface area contributed by atoms with Crippen LogP contribution in [0.2, 0.25) is 0 Å². The van der Waals surface area contributed by atoms with Crippen LogP contribution in [0.25, 0.3) is 0 Å². The molecular formula is C13H16BrFN4. The van der Waals surface area contributed by atoms with Crippen molar-refractivity contribution in [2.24, 2.45) is 5.73 Å². The summed E-state index contributed by atoms with van der Waals surface area (Å²) in [6.45, 7) is 1.29. The van der Waals surface area contributed by atoms with Gasteiger partial charge in [-0.2, -0.15) is 0 Å². The fraction of sp³-hybridized carbons (Fsp3) is 0.385. The third-order valence-electron chi connectivity index (χ3n) is 2.80. The number of nitrogens with zero attached hydrogens (tertiary/aromatic N) is 3. The molecule has 6 heteroatoms. The van der Waals surface area contributed by atoms with Gasteiger partial charge in [0.2, 0.25) is 0 Å². The number of aryl methyl sites for hydroxylation is 1. The number of hydrogen-bond acceptors (Lipinski definition) is 3. The molecule has 19 heavy (non-hydrogen) atoms. The highest BCUT2D eigenvalue weighted by Gasteiger charge is 2.04. The van der Waals surface area contributed by atoms with Crippen molar-refractivity contribution in [3.63, 3.8) is 0 Å². The lowest BCUT2D eigenvalue weighted by Crippen LogP contribution is -2.00. The topological polar surface area (TPSA) is 56.7 Å². The van der Waals surface area contributed by atoms with Crippen molar-refractivity contribution >= 4 is 15.9 Å². The summed E-state index contributed by atoms with van der Waals surface area (Å²) < 4.78 is 15.4. The van der Waals surface area contributed by atoms with Crippen molar-refractivity contribution in [3.8, 4) is 0 Å². The Morgan fingerprint density at radius 2 is 2.16 bits per heavy atom. The Labute approximate surface area is 119 Å². The summed E-state index contributed by atoms with van der Waals surface area (Å²) >= 11 is 3.17. The Hall–Kier alpha value is -1.27. The molecule has 0 amide bonds. The molecule has 0 saturated heterocycles. The molecule has 0 bridgehead atoms. The van der Waals surface area contributed by atoms with Crippen molar-refractivity contribution in [1.82, 2.24) is 15.0 Å². The summed E-state index contributed by atoms with van der Waals surface area (Å²) in [5.41, 5.74) is 7.40. The van der Waals surface area contributed by atoms with E-state index in [1.54, 1.807) is 16.8 Å². The Balaban J connectivity index is 1.97. The van der Waals surface area contributed by atoms with Crippen molar-refractivity contribution in [2.45, 2.75) is 25.8 Å². The van der Waals surface area contributed by atoms with Crippen LogP contribution >= 0.6 is 15.9 Å². The molecule has 0 aliphatic heterocycles. The monoisotopic (exact) mass is 326 g/mol. The largest absolute Gasteiger partial charge is 0.330 e. The molecule has 2 rings (SSSR count). The third kappa shape index (κ3) is 4.11. The van der Waals surface area contributed by atoms with Crippen LogP contribution in [0.4, 0.5) is 4.39 Å². The Morgan fingerprint density at radius 1 is 1.32 bits per heavy atom. The summed E-state index contributed by atoms with van der Waals surface area (Å²) in [6, 6.07) is 4.94. The summed E-state index contributed by atoms with van der Waals surface area (Å²) in [4.78, 5) is 0. The second-order valence-electron chi connectivity index (χ2n) is 4.40. The predicted molar refractivity (Wildman–Crippen MR) is 75.2 cm³/mol. The SMILES string of the molecule is NCCCCc1cn(Cc2ccc(F)c(Br)c2)nn1. The van der Waals surface area contributed by atoms with Gasteiger partial charge >= 0.3 is 0 Å². The molecule has 0 atom stereocenters. The van der Waals surface area contributed by atoms with Gasteiger partial charge in [0.1, 0.15) is 5.82 Å².